The number of sulfonamides is 1. The summed E-state index contributed by atoms with van der Waals surface area (Å²) in [4.78, 5) is 12.3. The molecule has 1 aliphatic rings. The van der Waals surface area contributed by atoms with E-state index in [1.165, 1.54) is 36.4 Å². The van der Waals surface area contributed by atoms with Crippen LogP contribution in [-0.4, -0.2) is 51.0 Å². The SMILES string of the molecule is O=C(Nc1ccc(F)cc1)N[C@H]1CC[C@H](CCNS(=O)(=O)c2cccc(Cl)c2)O[C@@H]1CO. The highest BCUT2D eigenvalue weighted by atomic mass is 35.5. The number of aliphatic hydroxyl groups excluding tert-OH is 1. The van der Waals surface area contributed by atoms with Gasteiger partial charge in [-0.3, -0.25) is 0 Å². The average molecular weight is 486 g/mol. The molecule has 4 N–H and O–H groups in total. The van der Waals surface area contributed by atoms with Crippen molar-refractivity contribution in [1.82, 2.24) is 10.0 Å². The standard InChI is InChI=1S/C21H25ClFN3O5S/c22-14-2-1-3-18(12-14)32(29,30)24-11-10-17-8-9-19(20(13-27)31-17)26-21(28)25-16-6-4-15(23)5-7-16/h1-7,12,17,19-20,24,27H,8-11,13H2,(H2,25,26,28)/t17-,19+,20-/m1/s1. The van der Waals surface area contributed by atoms with Crippen LogP contribution in [0.5, 0.6) is 0 Å². The molecule has 2 aromatic rings. The zero-order valence-electron chi connectivity index (χ0n) is 17.1. The molecule has 0 unspecified atom stereocenters. The number of halogens is 2. The third kappa shape index (κ3) is 6.88. The number of anilines is 1. The summed E-state index contributed by atoms with van der Waals surface area (Å²) < 4.78 is 46.1. The monoisotopic (exact) mass is 485 g/mol. The van der Waals surface area contributed by atoms with Crippen LogP contribution in [0, 0.1) is 5.82 Å². The summed E-state index contributed by atoms with van der Waals surface area (Å²) in [6.07, 6.45) is 0.639. The van der Waals surface area contributed by atoms with E-state index in [1.54, 1.807) is 12.1 Å². The second-order valence-corrected chi connectivity index (χ2v) is 9.62. The normalized spacial score (nSPS) is 21.2. The summed E-state index contributed by atoms with van der Waals surface area (Å²) in [7, 11) is -3.69. The molecule has 0 bridgehead atoms. The minimum absolute atomic E-state index is 0.0826. The highest BCUT2D eigenvalue weighted by Gasteiger charge is 2.32. The minimum atomic E-state index is -3.69. The van der Waals surface area contributed by atoms with Crippen molar-refractivity contribution in [3.05, 3.63) is 59.4 Å². The van der Waals surface area contributed by atoms with Crippen LogP contribution in [0.2, 0.25) is 5.02 Å². The molecule has 0 spiro atoms. The number of nitrogens with one attached hydrogen (secondary N) is 3. The molecule has 2 amide bonds. The van der Waals surface area contributed by atoms with Gasteiger partial charge in [0, 0.05) is 17.3 Å². The Morgan fingerprint density at radius 2 is 1.94 bits per heavy atom. The Bertz CT molecular complexity index is 1020. The molecule has 3 atom stereocenters. The lowest BCUT2D eigenvalue weighted by Crippen LogP contribution is -2.52. The molecule has 0 radical (unpaired) electrons. The number of aliphatic hydroxyl groups is 1. The second kappa shape index (κ2) is 11.1. The van der Waals surface area contributed by atoms with Gasteiger partial charge in [0.1, 0.15) is 11.9 Å². The van der Waals surface area contributed by atoms with E-state index in [-0.39, 0.29) is 24.2 Å². The molecular formula is C21H25ClFN3O5S. The molecular weight excluding hydrogens is 461 g/mol. The van der Waals surface area contributed by atoms with Crippen LogP contribution in [0.15, 0.2) is 53.4 Å². The van der Waals surface area contributed by atoms with Gasteiger partial charge in [0.25, 0.3) is 0 Å². The Morgan fingerprint density at radius 1 is 1.19 bits per heavy atom. The Balaban J connectivity index is 1.46. The van der Waals surface area contributed by atoms with Crippen LogP contribution >= 0.6 is 11.6 Å². The lowest BCUT2D eigenvalue weighted by Gasteiger charge is -2.36. The Morgan fingerprint density at radius 3 is 2.62 bits per heavy atom. The van der Waals surface area contributed by atoms with E-state index in [0.29, 0.717) is 30.0 Å². The van der Waals surface area contributed by atoms with Gasteiger partial charge in [-0.05, 0) is 61.7 Å². The second-order valence-electron chi connectivity index (χ2n) is 7.41. The molecule has 0 saturated carbocycles. The van der Waals surface area contributed by atoms with Crippen LogP contribution in [0.25, 0.3) is 0 Å². The molecule has 32 heavy (non-hydrogen) atoms. The molecule has 1 aliphatic heterocycles. The number of carbonyl (C=O) groups excluding carboxylic acids is 1. The first kappa shape index (κ1) is 24.4. The highest BCUT2D eigenvalue weighted by molar-refractivity contribution is 7.89. The zero-order valence-corrected chi connectivity index (χ0v) is 18.7. The van der Waals surface area contributed by atoms with E-state index in [2.05, 4.69) is 15.4 Å². The summed E-state index contributed by atoms with van der Waals surface area (Å²) in [6.45, 7) is -0.146. The summed E-state index contributed by atoms with van der Waals surface area (Å²) in [5.74, 6) is -0.405. The van der Waals surface area contributed by atoms with Crippen molar-refractivity contribution in [3.8, 4) is 0 Å². The summed E-state index contributed by atoms with van der Waals surface area (Å²) in [5.41, 5.74) is 0.436. The fourth-order valence-corrected chi connectivity index (χ4v) is 4.80. The summed E-state index contributed by atoms with van der Waals surface area (Å²) in [5, 5.41) is 15.4. The average Bonchev–Trinajstić information content (AvgIpc) is 2.76. The lowest BCUT2D eigenvalue weighted by atomic mass is 9.97. The van der Waals surface area contributed by atoms with E-state index >= 15 is 0 Å². The van der Waals surface area contributed by atoms with Gasteiger partial charge in [-0.2, -0.15) is 0 Å². The van der Waals surface area contributed by atoms with Gasteiger partial charge in [0.2, 0.25) is 10.0 Å². The lowest BCUT2D eigenvalue weighted by molar-refractivity contribution is -0.0884. The fraction of sp³-hybridized carbons (Fsp3) is 0.381. The van der Waals surface area contributed by atoms with Crippen LogP contribution in [-0.2, 0) is 14.8 Å². The summed E-state index contributed by atoms with van der Waals surface area (Å²) in [6, 6.07) is 10.4. The highest BCUT2D eigenvalue weighted by Crippen LogP contribution is 2.22. The van der Waals surface area contributed by atoms with Crippen molar-refractivity contribution in [2.24, 2.45) is 0 Å². The van der Waals surface area contributed by atoms with E-state index in [1.807, 2.05) is 0 Å². The Labute approximate surface area is 191 Å². The molecule has 3 rings (SSSR count). The largest absolute Gasteiger partial charge is 0.394 e. The zero-order chi connectivity index (χ0) is 23.1. The van der Waals surface area contributed by atoms with E-state index in [9.17, 15) is 22.7 Å². The van der Waals surface area contributed by atoms with Gasteiger partial charge in [-0.1, -0.05) is 17.7 Å². The Kier molecular flexibility index (Phi) is 8.44. The molecule has 1 saturated heterocycles. The first-order valence-electron chi connectivity index (χ1n) is 10.1. The van der Waals surface area contributed by atoms with Gasteiger partial charge < -0.3 is 20.5 Å². The molecule has 1 fully saturated rings. The van der Waals surface area contributed by atoms with E-state index < -0.39 is 34.0 Å². The Hall–Kier alpha value is -2.24. The predicted molar refractivity (Wildman–Crippen MR) is 119 cm³/mol. The van der Waals surface area contributed by atoms with E-state index in [4.69, 9.17) is 16.3 Å². The number of carbonyl (C=O) groups is 1. The van der Waals surface area contributed by atoms with Crippen molar-refractivity contribution in [2.75, 3.05) is 18.5 Å². The van der Waals surface area contributed by atoms with Crippen LogP contribution in [0.3, 0.4) is 0 Å². The maximum Gasteiger partial charge on any atom is 0.319 e. The number of urea groups is 1. The van der Waals surface area contributed by atoms with Crippen molar-refractivity contribution in [1.29, 1.82) is 0 Å². The smallest absolute Gasteiger partial charge is 0.319 e. The number of amides is 2. The molecule has 1 heterocycles. The molecule has 2 aromatic carbocycles. The number of benzene rings is 2. The summed E-state index contributed by atoms with van der Waals surface area (Å²) >= 11 is 5.85. The third-order valence-corrected chi connectivity index (χ3v) is 6.77. The first-order chi connectivity index (χ1) is 15.3. The fourth-order valence-electron chi connectivity index (χ4n) is 3.45. The topological polar surface area (TPSA) is 117 Å². The van der Waals surface area contributed by atoms with E-state index in [0.717, 1.165) is 0 Å². The van der Waals surface area contributed by atoms with Crippen molar-refractivity contribution in [3.63, 3.8) is 0 Å². The van der Waals surface area contributed by atoms with Crippen LogP contribution < -0.4 is 15.4 Å². The number of rotatable bonds is 8. The van der Waals surface area contributed by atoms with Crippen LogP contribution in [0.4, 0.5) is 14.9 Å². The van der Waals surface area contributed by atoms with Crippen molar-refractivity contribution < 1.29 is 27.4 Å². The van der Waals surface area contributed by atoms with Crippen molar-refractivity contribution >= 4 is 33.3 Å². The number of hydrogen-bond donors (Lipinski definition) is 4. The molecule has 174 valence electrons. The maximum atomic E-state index is 13.0. The molecule has 0 aromatic heterocycles. The molecule has 0 aliphatic carbocycles. The van der Waals surface area contributed by atoms with Crippen molar-refractivity contribution in [2.45, 2.75) is 42.4 Å². The first-order valence-corrected chi connectivity index (χ1v) is 12.0. The number of hydrogen-bond acceptors (Lipinski definition) is 5. The van der Waals surface area contributed by atoms with Gasteiger partial charge in [-0.25, -0.2) is 22.3 Å². The predicted octanol–water partition coefficient (Wildman–Crippen LogP) is 2.88. The molecule has 8 nitrogen and oxygen atoms in total. The quantitative estimate of drug-likeness (QED) is 0.458. The van der Waals surface area contributed by atoms with Gasteiger partial charge in [0.15, 0.2) is 0 Å². The van der Waals surface area contributed by atoms with Crippen LogP contribution in [0.1, 0.15) is 19.3 Å². The third-order valence-electron chi connectivity index (χ3n) is 5.08. The maximum absolute atomic E-state index is 13.0. The van der Waals surface area contributed by atoms with Gasteiger partial charge in [-0.15, -0.1) is 0 Å². The van der Waals surface area contributed by atoms with Gasteiger partial charge >= 0.3 is 6.03 Å². The number of ether oxygens (including phenoxy) is 1. The molecule has 11 heteroatoms. The van der Waals surface area contributed by atoms with Gasteiger partial charge in [0.05, 0.1) is 23.6 Å². The minimum Gasteiger partial charge on any atom is -0.394 e.